The van der Waals surface area contributed by atoms with Crippen LogP contribution in [0, 0.1) is 12.8 Å². The second-order valence-electron chi connectivity index (χ2n) is 7.51. The molecule has 0 spiro atoms. The third-order valence-electron chi connectivity index (χ3n) is 5.15. The van der Waals surface area contributed by atoms with Crippen LogP contribution in [0.15, 0.2) is 36.4 Å². The maximum absolute atomic E-state index is 13.1. The van der Waals surface area contributed by atoms with E-state index in [0.29, 0.717) is 41.4 Å². The molecule has 1 atom stereocenters. The highest BCUT2D eigenvalue weighted by Crippen LogP contribution is 2.32. The van der Waals surface area contributed by atoms with Crippen molar-refractivity contribution < 1.29 is 27.5 Å². The Morgan fingerprint density at radius 3 is 2.58 bits per heavy atom. The summed E-state index contributed by atoms with van der Waals surface area (Å²) in [5.41, 5.74) is -0.0533. The Kier molecular flexibility index (Phi) is 6.79. The molecule has 1 heterocycles. The highest BCUT2D eigenvalue weighted by Gasteiger charge is 2.33. The SMILES string of the molecule is COc1ccc(NC(=O)C2CCCN(C(=O)c3cc(C)cc(C(F)(F)F)c3)C2)cc1Cl. The van der Waals surface area contributed by atoms with Gasteiger partial charge in [-0.2, -0.15) is 13.2 Å². The van der Waals surface area contributed by atoms with Gasteiger partial charge in [0.05, 0.1) is 23.6 Å². The molecule has 1 fully saturated rings. The first-order valence-corrected chi connectivity index (χ1v) is 10.1. The van der Waals surface area contributed by atoms with Crippen LogP contribution in [0.25, 0.3) is 0 Å². The fourth-order valence-electron chi connectivity index (χ4n) is 3.62. The van der Waals surface area contributed by atoms with Gasteiger partial charge in [-0.05, 0) is 61.7 Å². The molecule has 2 aromatic carbocycles. The van der Waals surface area contributed by atoms with E-state index in [1.807, 2.05) is 0 Å². The zero-order chi connectivity index (χ0) is 22.8. The van der Waals surface area contributed by atoms with Crippen LogP contribution in [0.1, 0.15) is 34.3 Å². The predicted molar refractivity (Wildman–Crippen MR) is 111 cm³/mol. The number of halogens is 4. The number of carbonyl (C=O) groups excluding carboxylic acids is 2. The number of aryl methyl sites for hydroxylation is 1. The topological polar surface area (TPSA) is 58.6 Å². The third-order valence-corrected chi connectivity index (χ3v) is 5.45. The molecule has 1 aliphatic rings. The number of hydrogen-bond donors (Lipinski definition) is 1. The summed E-state index contributed by atoms with van der Waals surface area (Å²) < 4.78 is 44.4. The van der Waals surface area contributed by atoms with Gasteiger partial charge in [-0.15, -0.1) is 0 Å². The Morgan fingerprint density at radius 2 is 1.94 bits per heavy atom. The van der Waals surface area contributed by atoms with Crippen LogP contribution in [0.4, 0.5) is 18.9 Å². The number of piperidine rings is 1. The Labute approximate surface area is 183 Å². The smallest absolute Gasteiger partial charge is 0.416 e. The number of nitrogens with one attached hydrogen (secondary N) is 1. The number of benzene rings is 2. The van der Waals surface area contributed by atoms with Crippen LogP contribution in [-0.4, -0.2) is 36.9 Å². The van der Waals surface area contributed by atoms with Crippen molar-refractivity contribution in [3.8, 4) is 5.75 Å². The zero-order valence-corrected chi connectivity index (χ0v) is 17.8. The maximum atomic E-state index is 13.1. The van der Waals surface area contributed by atoms with Crippen LogP contribution in [-0.2, 0) is 11.0 Å². The van der Waals surface area contributed by atoms with Gasteiger partial charge >= 0.3 is 6.18 Å². The number of methoxy groups -OCH3 is 1. The van der Waals surface area contributed by atoms with E-state index >= 15 is 0 Å². The highest BCUT2D eigenvalue weighted by molar-refractivity contribution is 6.32. The Hall–Kier alpha value is -2.74. The first-order chi connectivity index (χ1) is 14.6. The minimum absolute atomic E-state index is 0.0321. The Morgan fingerprint density at radius 1 is 1.19 bits per heavy atom. The predicted octanol–water partition coefficient (Wildman–Crippen LogP) is 5.17. The van der Waals surface area contributed by atoms with Crippen molar-refractivity contribution in [1.29, 1.82) is 0 Å². The summed E-state index contributed by atoms with van der Waals surface area (Å²) in [7, 11) is 1.49. The van der Waals surface area contributed by atoms with Gasteiger partial charge in [-0.1, -0.05) is 11.6 Å². The number of rotatable bonds is 4. The van der Waals surface area contributed by atoms with Crippen molar-refractivity contribution >= 4 is 29.1 Å². The van der Waals surface area contributed by atoms with E-state index in [0.717, 1.165) is 12.1 Å². The van der Waals surface area contributed by atoms with E-state index in [2.05, 4.69) is 5.32 Å². The molecule has 0 aliphatic carbocycles. The lowest BCUT2D eigenvalue weighted by Gasteiger charge is -2.32. The van der Waals surface area contributed by atoms with Crippen molar-refractivity contribution in [2.45, 2.75) is 25.9 Å². The summed E-state index contributed by atoms with van der Waals surface area (Å²) in [5, 5.41) is 3.12. The van der Waals surface area contributed by atoms with Crippen molar-refractivity contribution in [2.24, 2.45) is 5.92 Å². The molecule has 0 saturated carbocycles. The maximum Gasteiger partial charge on any atom is 0.416 e. The van der Waals surface area contributed by atoms with E-state index in [9.17, 15) is 22.8 Å². The molecule has 9 heteroatoms. The monoisotopic (exact) mass is 454 g/mol. The molecule has 5 nitrogen and oxygen atoms in total. The molecule has 2 amide bonds. The lowest BCUT2D eigenvalue weighted by atomic mass is 9.96. The molecule has 0 aromatic heterocycles. The van der Waals surface area contributed by atoms with Gasteiger partial charge in [-0.25, -0.2) is 0 Å². The third kappa shape index (κ3) is 5.50. The molecule has 1 saturated heterocycles. The van der Waals surface area contributed by atoms with E-state index in [1.165, 1.54) is 25.0 Å². The van der Waals surface area contributed by atoms with Gasteiger partial charge in [0.1, 0.15) is 5.75 Å². The number of ether oxygens (including phenoxy) is 1. The van der Waals surface area contributed by atoms with E-state index in [-0.39, 0.29) is 18.0 Å². The normalized spacial score (nSPS) is 16.7. The number of likely N-dealkylation sites (tertiary alicyclic amines) is 1. The molecule has 3 rings (SSSR count). The Balaban J connectivity index is 1.71. The van der Waals surface area contributed by atoms with Crippen LogP contribution >= 0.6 is 11.6 Å². The van der Waals surface area contributed by atoms with E-state index < -0.39 is 23.6 Å². The largest absolute Gasteiger partial charge is 0.495 e. The first-order valence-electron chi connectivity index (χ1n) is 9.71. The standard InChI is InChI=1S/C22H22ClF3N2O3/c1-13-8-15(10-16(9-13)22(24,25)26)21(30)28-7-3-4-14(12-28)20(29)27-17-5-6-19(31-2)18(23)11-17/h5-6,8-11,14H,3-4,7,12H2,1-2H3,(H,27,29). The summed E-state index contributed by atoms with van der Waals surface area (Å²) >= 11 is 6.08. The summed E-state index contributed by atoms with van der Waals surface area (Å²) in [6, 6.07) is 8.14. The average molecular weight is 455 g/mol. The second kappa shape index (κ2) is 9.18. The van der Waals surface area contributed by atoms with Crippen molar-refractivity contribution in [3.05, 3.63) is 58.1 Å². The van der Waals surface area contributed by atoms with Crippen LogP contribution in [0.2, 0.25) is 5.02 Å². The average Bonchev–Trinajstić information content (AvgIpc) is 2.72. The summed E-state index contributed by atoms with van der Waals surface area (Å²) in [6.07, 6.45) is -3.39. The first kappa shape index (κ1) is 22.9. The minimum Gasteiger partial charge on any atom is -0.495 e. The molecule has 1 N–H and O–H groups in total. The van der Waals surface area contributed by atoms with Gasteiger partial charge in [0.25, 0.3) is 5.91 Å². The summed E-state index contributed by atoms with van der Waals surface area (Å²) in [6.45, 7) is 2.02. The summed E-state index contributed by atoms with van der Waals surface area (Å²) in [5.74, 6) is -0.797. The quantitative estimate of drug-likeness (QED) is 0.693. The van der Waals surface area contributed by atoms with Gasteiger partial charge < -0.3 is 15.0 Å². The van der Waals surface area contributed by atoms with Crippen LogP contribution in [0.3, 0.4) is 0 Å². The molecule has 1 unspecified atom stereocenters. The number of alkyl halides is 3. The highest BCUT2D eigenvalue weighted by atomic mass is 35.5. The Bertz CT molecular complexity index is 994. The zero-order valence-electron chi connectivity index (χ0n) is 17.1. The molecule has 166 valence electrons. The number of nitrogens with zero attached hydrogens (tertiary/aromatic N) is 1. The fourth-order valence-corrected chi connectivity index (χ4v) is 3.87. The summed E-state index contributed by atoms with van der Waals surface area (Å²) in [4.78, 5) is 27.0. The van der Waals surface area contributed by atoms with Crippen molar-refractivity contribution in [3.63, 3.8) is 0 Å². The number of anilines is 1. The molecule has 31 heavy (non-hydrogen) atoms. The van der Waals surface area contributed by atoms with Crippen LogP contribution < -0.4 is 10.1 Å². The second-order valence-corrected chi connectivity index (χ2v) is 7.92. The van der Waals surface area contributed by atoms with Crippen molar-refractivity contribution in [2.75, 3.05) is 25.5 Å². The van der Waals surface area contributed by atoms with Gasteiger partial charge in [0.2, 0.25) is 5.91 Å². The van der Waals surface area contributed by atoms with Crippen molar-refractivity contribution in [1.82, 2.24) is 4.90 Å². The molecule has 1 aliphatic heterocycles. The van der Waals surface area contributed by atoms with Gasteiger partial charge in [0, 0.05) is 24.3 Å². The van der Waals surface area contributed by atoms with Gasteiger partial charge in [0.15, 0.2) is 0 Å². The number of hydrogen-bond acceptors (Lipinski definition) is 3. The lowest BCUT2D eigenvalue weighted by molar-refractivity contribution is -0.137. The minimum atomic E-state index is -4.54. The fraction of sp³-hybridized carbons (Fsp3) is 0.364. The molecule has 2 aromatic rings. The van der Waals surface area contributed by atoms with Gasteiger partial charge in [-0.3, -0.25) is 9.59 Å². The molecule has 0 radical (unpaired) electrons. The molecule has 0 bridgehead atoms. The van der Waals surface area contributed by atoms with Crippen LogP contribution in [0.5, 0.6) is 5.75 Å². The van der Waals surface area contributed by atoms with E-state index in [4.69, 9.17) is 16.3 Å². The molecular formula is C22H22ClF3N2O3. The van der Waals surface area contributed by atoms with E-state index in [1.54, 1.807) is 18.2 Å². The number of carbonyl (C=O) groups is 2. The lowest BCUT2D eigenvalue weighted by Crippen LogP contribution is -2.43. The number of amides is 2. The molecular weight excluding hydrogens is 433 g/mol.